The monoisotopic (exact) mass is 216 g/mol. The predicted octanol–water partition coefficient (Wildman–Crippen LogP) is 3.76. The van der Waals surface area contributed by atoms with Gasteiger partial charge in [-0.3, -0.25) is 0 Å². The summed E-state index contributed by atoms with van der Waals surface area (Å²) in [5.41, 5.74) is 2.07. The van der Waals surface area contributed by atoms with Crippen molar-refractivity contribution in [1.82, 2.24) is 0 Å². The largest absolute Gasteiger partial charge is 0.507 e. The number of aromatic hydroxyl groups is 1. The average molecular weight is 216 g/mol. The first-order valence-corrected chi connectivity index (χ1v) is 5.29. The summed E-state index contributed by atoms with van der Waals surface area (Å²) < 4.78 is 13.6. The number of halogens is 1. The first-order valence-electron chi connectivity index (χ1n) is 5.29. The fraction of sp³-hybridized carbons (Fsp3) is 0.143. The quantitative estimate of drug-likeness (QED) is 0.810. The molecule has 0 saturated carbocycles. The van der Waals surface area contributed by atoms with E-state index in [1.54, 1.807) is 24.3 Å². The maximum Gasteiger partial charge on any atom is 0.131 e. The van der Waals surface area contributed by atoms with Gasteiger partial charge in [-0.1, -0.05) is 31.2 Å². The van der Waals surface area contributed by atoms with E-state index in [0.717, 1.165) is 12.0 Å². The summed E-state index contributed by atoms with van der Waals surface area (Å²) in [6.45, 7) is 2.03. The van der Waals surface area contributed by atoms with Crippen LogP contribution >= 0.6 is 0 Å². The van der Waals surface area contributed by atoms with Crippen LogP contribution in [0.4, 0.5) is 4.39 Å². The average Bonchev–Trinajstić information content (AvgIpc) is 2.31. The van der Waals surface area contributed by atoms with Crippen LogP contribution in [-0.2, 0) is 6.42 Å². The van der Waals surface area contributed by atoms with E-state index in [1.165, 1.54) is 6.07 Å². The van der Waals surface area contributed by atoms with E-state index in [-0.39, 0.29) is 11.6 Å². The molecule has 0 unspecified atom stereocenters. The van der Waals surface area contributed by atoms with E-state index in [2.05, 4.69) is 0 Å². The van der Waals surface area contributed by atoms with Gasteiger partial charge in [-0.05, 0) is 30.2 Å². The van der Waals surface area contributed by atoms with E-state index in [4.69, 9.17) is 0 Å². The number of aryl methyl sites for hydroxylation is 1. The minimum absolute atomic E-state index is 0.113. The second kappa shape index (κ2) is 4.35. The van der Waals surface area contributed by atoms with Gasteiger partial charge in [0.15, 0.2) is 0 Å². The maximum atomic E-state index is 13.6. The zero-order valence-corrected chi connectivity index (χ0v) is 9.07. The molecule has 0 aliphatic heterocycles. The highest BCUT2D eigenvalue weighted by atomic mass is 19.1. The lowest BCUT2D eigenvalue weighted by atomic mass is 10.0. The molecule has 2 aromatic rings. The molecule has 2 heteroatoms. The third-order valence-electron chi connectivity index (χ3n) is 2.63. The molecule has 0 aliphatic rings. The lowest BCUT2D eigenvalue weighted by molar-refractivity contribution is 0.476. The first-order chi connectivity index (χ1) is 7.72. The van der Waals surface area contributed by atoms with Crippen LogP contribution in [0.2, 0.25) is 0 Å². The van der Waals surface area contributed by atoms with E-state index in [0.29, 0.717) is 11.1 Å². The summed E-state index contributed by atoms with van der Waals surface area (Å²) >= 11 is 0. The highest BCUT2D eigenvalue weighted by molar-refractivity contribution is 5.71. The number of phenolic OH excluding ortho intramolecular Hbond substituents is 1. The van der Waals surface area contributed by atoms with Gasteiger partial charge < -0.3 is 5.11 Å². The molecule has 0 aromatic heterocycles. The minimum Gasteiger partial charge on any atom is -0.507 e. The van der Waals surface area contributed by atoms with Crippen molar-refractivity contribution in [2.45, 2.75) is 13.3 Å². The Morgan fingerprint density at radius 3 is 2.50 bits per heavy atom. The van der Waals surface area contributed by atoms with Crippen molar-refractivity contribution in [2.75, 3.05) is 0 Å². The van der Waals surface area contributed by atoms with Crippen LogP contribution in [0, 0.1) is 5.82 Å². The number of hydrogen-bond acceptors (Lipinski definition) is 1. The normalized spacial score (nSPS) is 10.4. The van der Waals surface area contributed by atoms with Crippen molar-refractivity contribution in [3.05, 3.63) is 53.8 Å². The molecule has 2 aromatic carbocycles. The van der Waals surface area contributed by atoms with Crippen LogP contribution in [0.3, 0.4) is 0 Å². The van der Waals surface area contributed by atoms with Crippen LogP contribution in [-0.4, -0.2) is 5.11 Å². The number of phenols is 1. The molecule has 82 valence electrons. The van der Waals surface area contributed by atoms with Gasteiger partial charge in [-0.25, -0.2) is 4.39 Å². The van der Waals surface area contributed by atoms with Gasteiger partial charge in [0, 0.05) is 11.1 Å². The molecule has 1 nitrogen and oxygen atoms in total. The molecule has 0 fully saturated rings. The number of benzene rings is 2. The summed E-state index contributed by atoms with van der Waals surface area (Å²) in [5, 5.41) is 9.74. The van der Waals surface area contributed by atoms with Gasteiger partial charge in [-0.15, -0.1) is 0 Å². The van der Waals surface area contributed by atoms with E-state index >= 15 is 0 Å². The maximum absolute atomic E-state index is 13.6. The van der Waals surface area contributed by atoms with Crippen molar-refractivity contribution in [3.8, 4) is 16.9 Å². The molecule has 2 rings (SSSR count). The fourth-order valence-electron chi connectivity index (χ4n) is 1.70. The predicted molar refractivity (Wildman–Crippen MR) is 62.9 cm³/mol. The molecule has 1 N–H and O–H groups in total. The number of hydrogen-bond donors (Lipinski definition) is 1. The molecule has 0 atom stereocenters. The fourth-order valence-corrected chi connectivity index (χ4v) is 1.70. The summed E-state index contributed by atoms with van der Waals surface area (Å²) in [5.74, 6) is -0.201. The summed E-state index contributed by atoms with van der Waals surface area (Å²) in [6, 6.07) is 11.8. The van der Waals surface area contributed by atoms with Crippen molar-refractivity contribution in [3.63, 3.8) is 0 Å². The first kappa shape index (κ1) is 10.7. The van der Waals surface area contributed by atoms with Crippen molar-refractivity contribution < 1.29 is 9.50 Å². The summed E-state index contributed by atoms with van der Waals surface area (Å²) in [6.07, 6.45) is 0.863. The zero-order chi connectivity index (χ0) is 11.5. The minimum atomic E-state index is -0.314. The van der Waals surface area contributed by atoms with Crippen molar-refractivity contribution in [2.24, 2.45) is 0 Å². The molecule has 0 saturated heterocycles. The van der Waals surface area contributed by atoms with E-state index < -0.39 is 0 Å². The molecule has 16 heavy (non-hydrogen) atoms. The summed E-state index contributed by atoms with van der Waals surface area (Å²) in [7, 11) is 0. The molecule has 0 heterocycles. The Kier molecular flexibility index (Phi) is 2.91. The zero-order valence-electron chi connectivity index (χ0n) is 9.07. The van der Waals surface area contributed by atoms with E-state index in [9.17, 15) is 9.50 Å². The highest BCUT2D eigenvalue weighted by Gasteiger charge is 2.09. The van der Waals surface area contributed by atoms with Gasteiger partial charge in [0.05, 0.1) is 0 Å². The molecule has 0 radical (unpaired) electrons. The number of rotatable bonds is 2. The molecule has 0 aliphatic carbocycles. The van der Waals surface area contributed by atoms with E-state index in [1.807, 2.05) is 19.1 Å². The van der Waals surface area contributed by atoms with Gasteiger partial charge >= 0.3 is 0 Å². The van der Waals surface area contributed by atoms with Crippen molar-refractivity contribution >= 4 is 0 Å². The van der Waals surface area contributed by atoms with Crippen LogP contribution in [0.5, 0.6) is 5.75 Å². The Morgan fingerprint density at radius 1 is 1.06 bits per heavy atom. The molecule has 0 amide bonds. The third-order valence-corrected chi connectivity index (χ3v) is 2.63. The lowest BCUT2D eigenvalue weighted by Crippen LogP contribution is -1.87. The smallest absolute Gasteiger partial charge is 0.131 e. The Morgan fingerprint density at radius 2 is 1.81 bits per heavy atom. The second-order valence-corrected chi connectivity index (χ2v) is 3.68. The lowest BCUT2D eigenvalue weighted by Gasteiger charge is -2.07. The van der Waals surface area contributed by atoms with Gasteiger partial charge in [0.1, 0.15) is 11.6 Å². The molecule has 0 bridgehead atoms. The Hall–Kier alpha value is -1.83. The standard InChI is InChI=1S/C14H13FO/c1-2-10-7-8-14(16)12(9-10)11-5-3-4-6-13(11)15/h3-9,16H,2H2,1H3. The van der Waals surface area contributed by atoms with Gasteiger partial charge in [0.25, 0.3) is 0 Å². The van der Waals surface area contributed by atoms with Crippen LogP contribution in [0.1, 0.15) is 12.5 Å². The van der Waals surface area contributed by atoms with Crippen LogP contribution in [0.25, 0.3) is 11.1 Å². The highest BCUT2D eigenvalue weighted by Crippen LogP contribution is 2.31. The SMILES string of the molecule is CCc1ccc(O)c(-c2ccccc2F)c1. The molecular weight excluding hydrogens is 203 g/mol. The Bertz CT molecular complexity index is 506. The topological polar surface area (TPSA) is 20.2 Å². The van der Waals surface area contributed by atoms with Crippen LogP contribution in [0.15, 0.2) is 42.5 Å². The third kappa shape index (κ3) is 1.91. The summed E-state index contributed by atoms with van der Waals surface area (Å²) in [4.78, 5) is 0. The van der Waals surface area contributed by atoms with Crippen molar-refractivity contribution in [1.29, 1.82) is 0 Å². The molecular formula is C14H13FO. The Labute approximate surface area is 94.2 Å². The van der Waals surface area contributed by atoms with Gasteiger partial charge in [0.2, 0.25) is 0 Å². The van der Waals surface area contributed by atoms with Crippen LogP contribution < -0.4 is 0 Å². The second-order valence-electron chi connectivity index (χ2n) is 3.68. The van der Waals surface area contributed by atoms with Gasteiger partial charge in [-0.2, -0.15) is 0 Å². The molecule has 0 spiro atoms. The Balaban J connectivity index is 2.59.